The van der Waals surface area contributed by atoms with Crippen LogP contribution in [0.3, 0.4) is 0 Å². The molecule has 0 saturated carbocycles. The third kappa shape index (κ3) is 1.89. The van der Waals surface area contributed by atoms with E-state index in [1.165, 1.54) is 38.9 Å². The van der Waals surface area contributed by atoms with Gasteiger partial charge in [0.2, 0.25) is 0 Å². The quantitative estimate of drug-likeness (QED) is 0.660. The summed E-state index contributed by atoms with van der Waals surface area (Å²) in [4.78, 5) is 2.72. The van der Waals surface area contributed by atoms with Crippen LogP contribution in [-0.4, -0.2) is 36.6 Å². The molecule has 0 spiro atoms. The Kier molecular flexibility index (Phi) is 2.89. The molecule has 0 bridgehead atoms. The van der Waals surface area contributed by atoms with Gasteiger partial charge in [-0.2, -0.15) is 0 Å². The molecule has 76 valence electrons. The highest BCUT2D eigenvalue weighted by atomic mass is 15.2. The first-order chi connectivity index (χ1) is 6.29. The molecule has 0 aromatic carbocycles. The second kappa shape index (κ2) is 3.97. The maximum atomic E-state index is 3.52. The summed E-state index contributed by atoms with van der Waals surface area (Å²) < 4.78 is 0. The fourth-order valence-electron chi connectivity index (χ4n) is 2.98. The van der Waals surface area contributed by atoms with E-state index in [4.69, 9.17) is 0 Å². The van der Waals surface area contributed by atoms with Crippen molar-refractivity contribution in [3.8, 4) is 0 Å². The van der Waals surface area contributed by atoms with Gasteiger partial charge in [-0.25, -0.2) is 0 Å². The number of nitrogens with one attached hydrogen (secondary N) is 1. The molecule has 2 rings (SSSR count). The molecule has 13 heavy (non-hydrogen) atoms. The van der Waals surface area contributed by atoms with Crippen LogP contribution in [0.4, 0.5) is 0 Å². The van der Waals surface area contributed by atoms with Crippen LogP contribution in [0.15, 0.2) is 0 Å². The number of piperidine rings is 2. The summed E-state index contributed by atoms with van der Waals surface area (Å²) in [6.45, 7) is 8.49. The summed E-state index contributed by atoms with van der Waals surface area (Å²) in [6, 6.07) is 1.63. The molecule has 0 aliphatic carbocycles. The van der Waals surface area contributed by atoms with E-state index in [0.717, 1.165) is 18.0 Å². The Labute approximate surface area is 81.7 Å². The minimum atomic E-state index is 0.742. The van der Waals surface area contributed by atoms with Crippen molar-refractivity contribution in [2.45, 2.75) is 45.2 Å². The molecule has 2 heterocycles. The minimum Gasteiger partial charge on any atom is -0.316 e. The highest BCUT2D eigenvalue weighted by Crippen LogP contribution is 2.28. The van der Waals surface area contributed by atoms with Gasteiger partial charge in [-0.3, -0.25) is 4.90 Å². The smallest absolute Gasteiger partial charge is 0.0150 e. The predicted molar refractivity (Wildman–Crippen MR) is 55.8 cm³/mol. The molecule has 0 aromatic rings. The SMILES string of the molecule is CC(C)N1CCCC2CNCCC21. The Morgan fingerprint density at radius 3 is 2.92 bits per heavy atom. The molecule has 2 atom stereocenters. The van der Waals surface area contributed by atoms with Gasteiger partial charge >= 0.3 is 0 Å². The Morgan fingerprint density at radius 1 is 1.31 bits per heavy atom. The topological polar surface area (TPSA) is 15.3 Å². The van der Waals surface area contributed by atoms with E-state index in [1.807, 2.05) is 0 Å². The van der Waals surface area contributed by atoms with Crippen molar-refractivity contribution in [2.24, 2.45) is 5.92 Å². The van der Waals surface area contributed by atoms with Crippen molar-refractivity contribution in [1.82, 2.24) is 10.2 Å². The van der Waals surface area contributed by atoms with Crippen LogP contribution < -0.4 is 5.32 Å². The number of rotatable bonds is 1. The molecule has 0 aromatic heterocycles. The first kappa shape index (κ1) is 9.47. The largest absolute Gasteiger partial charge is 0.316 e. The number of hydrogen-bond donors (Lipinski definition) is 1. The fourth-order valence-corrected chi connectivity index (χ4v) is 2.98. The first-order valence-electron chi connectivity index (χ1n) is 5.75. The Balaban J connectivity index is 2.02. The van der Waals surface area contributed by atoms with Gasteiger partial charge < -0.3 is 5.32 Å². The monoisotopic (exact) mass is 182 g/mol. The van der Waals surface area contributed by atoms with Crippen molar-refractivity contribution < 1.29 is 0 Å². The zero-order chi connectivity index (χ0) is 9.26. The molecule has 0 amide bonds. The lowest BCUT2D eigenvalue weighted by Gasteiger charge is -2.46. The van der Waals surface area contributed by atoms with Crippen LogP contribution in [0.2, 0.25) is 0 Å². The summed E-state index contributed by atoms with van der Waals surface area (Å²) in [5.41, 5.74) is 0. The minimum absolute atomic E-state index is 0.742. The Morgan fingerprint density at radius 2 is 2.15 bits per heavy atom. The average Bonchev–Trinajstić information content (AvgIpc) is 2.17. The summed E-state index contributed by atoms with van der Waals surface area (Å²) in [5.74, 6) is 0.935. The van der Waals surface area contributed by atoms with Crippen LogP contribution in [0.25, 0.3) is 0 Å². The molecule has 2 unspecified atom stereocenters. The number of likely N-dealkylation sites (tertiary alicyclic amines) is 1. The van der Waals surface area contributed by atoms with E-state index in [2.05, 4.69) is 24.1 Å². The van der Waals surface area contributed by atoms with Crippen LogP contribution in [0.1, 0.15) is 33.1 Å². The highest BCUT2D eigenvalue weighted by Gasteiger charge is 2.33. The van der Waals surface area contributed by atoms with E-state index in [9.17, 15) is 0 Å². The average molecular weight is 182 g/mol. The van der Waals surface area contributed by atoms with Gasteiger partial charge in [0.05, 0.1) is 0 Å². The van der Waals surface area contributed by atoms with E-state index in [0.29, 0.717) is 0 Å². The fraction of sp³-hybridized carbons (Fsp3) is 1.00. The van der Waals surface area contributed by atoms with Crippen LogP contribution in [-0.2, 0) is 0 Å². The van der Waals surface area contributed by atoms with Crippen LogP contribution in [0.5, 0.6) is 0 Å². The zero-order valence-electron chi connectivity index (χ0n) is 8.92. The van der Waals surface area contributed by atoms with Crippen molar-refractivity contribution in [2.75, 3.05) is 19.6 Å². The number of nitrogens with zero attached hydrogens (tertiary/aromatic N) is 1. The molecular weight excluding hydrogens is 160 g/mol. The maximum Gasteiger partial charge on any atom is 0.0150 e. The van der Waals surface area contributed by atoms with Crippen molar-refractivity contribution in [3.05, 3.63) is 0 Å². The Bertz CT molecular complexity index is 165. The van der Waals surface area contributed by atoms with Crippen molar-refractivity contribution in [1.29, 1.82) is 0 Å². The van der Waals surface area contributed by atoms with Gasteiger partial charge in [-0.1, -0.05) is 0 Å². The van der Waals surface area contributed by atoms with E-state index < -0.39 is 0 Å². The van der Waals surface area contributed by atoms with Gasteiger partial charge in [0, 0.05) is 12.1 Å². The van der Waals surface area contributed by atoms with Gasteiger partial charge in [-0.05, 0) is 58.7 Å². The second-order valence-corrected chi connectivity index (χ2v) is 4.79. The molecule has 2 aliphatic rings. The van der Waals surface area contributed by atoms with Crippen LogP contribution in [0, 0.1) is 5.92 Å². The third-order valence-corrected chi connectivity index (χ3v) is 3.65. The normalized spacial score (nSPS) is 36.2. The number of hydrogen-bond acceptors (Lipinski definition) is 2. The zero-order valence-corrected chi connectivity index (χ0v) is 8.92. The lowest BCUT2D eigenvalue weighted by atomic mass is 9.84. The molecule has 2 fully saturated rings. The van der Waals surface area contributed by atoms with Gasteiger partial charge in [0.15, 0.2) is 0 Å². The Hall–Kier alpha value is -0.0800. The molecular formula is C11H22N2. The molecule has 2 saturated heterocycles. The van der Waals surface area contributed by atoms with E-state index in [-0.39, 0.29) is 0 Å². The predicted octanol–water partition coefficient (Wildman–Crippen LogP) is 1.47. The van der Waals surface area contributed by atoms with Crippen molar-refractivity contribution in [3.63, 3.8) is 0 Å². The molecule has 0 radical (unpaired) electrons. The maximum absolute atomic E-state index is 3.52. The lowest BCUT2D eigenvalue weighted by Crippen LogP contribution is -2.54. The molecule has 2 aliphatic heterocycles. The summed E-state index contributed by atoms with van der Waals surface area (Å²) in [6.07, 6.45) is 4.21. The lowest BCUT2D eigenvalue weighted by molar-refractivity contribution is 0.0443. The molecule has 2 nitrogen and oxygen atoms in total. The van der Waals surface area contributed by atoms with Crippen LogP contribution >= 0.6 is 0 Å². The second-order valence-electron chi connectivity index (χ2n) is 4.79. The highest BCUT2D eigenvalue weighted by molar-refractivity contribution is 4.90. The van der Waals surface area contributed by atoms with E-state index in [1.54, 1.807) is 0 Å². The molecule has 2 heteroatoms. The summed E-state index contributed by atoms with van der Waals surface area (Å²) in [5, 5.41) is 3.52. The van der Waals surface area contributed by atoms with Gasteiger partial charge in [0.1, 0.15) is 0 Å². The van der Waals surface area contributed by atoms with E-state index >= 15 is 0 Å². The summed E-state index contributed by atoms with van der Waals surface area (Å²) >= 11 is 0. The summed E-state index contributed by atoms with van der Waals surface area (Å²) in [7, 11) is 0. The standard InChI is InChI=1S/C11H22N2/c1-9(2)13-7-3-4-10-8-12-6-5-11(10)13/h9-12H,3-8H2,1-2H3. The van der Waals surface area contributed by atoms with Gasteiger partial charge in [-0.15, -0.1) is 0 Å². The van der Waals surface area contributed by atoms with Crippen molar-refractivity contribution >= 4 is 0 Å². The first-order valence-corrected chi connectivity index (χ1v) is 5.75. The number of fused-ring (bicyclic) bond motifs is 1. The van der Waals surface area contributed by atoms with Gasteiger partial charge in [0.25, 0.3) is 0 Å². The molecule has 1 N–H and O–H groups in total. The third-order valence-electron chi connectivity index (χ3n) is 3.65.